The van der Waals surface area contributed by atoms with Crippen LogP contribution in [-0.4, -0.2) is 62.7 Å². The minimum atomic E-state index is -0.781. The van der Waals surface area contributed by atoms with Crippen molar-refractivity contribution >= 4 is 11.9 Å². The molecular weight excluding hydrogens is 282 g/mol. The number of likely N-dealkylation sites (tertiary alicyclic amines) is 1. The molecule has 0 bridgehead atoms. The number of hydrogen-bond donors (Lipinski definition) is 1. The largest absolute Gasteiger partial charge is 0.325 e. The number of rotatable bonds is 5. The molecule has 22 heavy (non-hydrogen) atoms. The molecule has 7 nitrogen and oxygen atoms in total. The van der Waals surface area contributed by atoms with Crippen molar-refractivity contribution in [3.63, 3.8) is 0 Å². The fourth-order valence-corrected chi connectivity index (χ4v) is 3.27. The minimum absolute atomic E-state index is 0.139. The van der Waals surface area contributed by atoms with Gasteiger partial charge in [0, 0.05) is 31.5 Å². The minimum Gasteiger partial charge on any atom is -0.324 e. The van der Waals surface area contributed by atoms with Gasteiger partial charge in [-0.25, -0.2) is 4.79 Å². The summed E-state index contributed by atoms with van der Waals surface area (Å²) in [7, 11) is 0. The number of hydrogen-bond acceptors (Lipinski definition) is 4. The number of amides is 3. The summed E-state index contributed by atoms with van der Waals surface area (Å²) >= 11 is 0. The van der Waals surface area contributed by atoms with E-state index in [0.29, 0.717) is 12.6 Å². The number of imide groups is 1. The summed E-state index contributed by atoms with van der Waals surface area (Å²) in [6.45, 7) is 6.52. The standard InChI is InChI=1S/C15H23N5O2/c1-15(2)13(21)20(14(22)17-15)10-9-18-7-3-5-12(18)11-19-8-4-6-16-19/h4,6,8,12H,3,5,7,9-11H2,1-2H3,(H,17,22). The topological polar surface area (TPSA) is 70.5 Å². The Bertz CT molecular complexity index is 554. The third-order valence-electron chi connectivity index (χ3n) is 4.51. The van der Waals surface area contributed by atoms with Gasteiger partial charge in [0.2, 0.25) is 0 Å². The smallest absolute Gasteiger partial charge is 0.324 e. The van der Waals surface area contributed by atoms with Gasteiger partial charge in [0.1, 0.15) is 5.54 Å². The summed E-state index contributed by atoms with van der Waals surface area (Å²) in [6.07, 6.45) is 6.04. The van der Waals surface area contributed by atoms with Crippen molar-refractivity contribution in [2.45, 2.75) is 44.8 Å². The predicted octanol–water partition coefficient (Wildman–Crippen LogP) is 0.678. The van der Waals surface area contributed by atoms with Crippen molar-refractivity contribution in [2.24, 2.45) is 0 Å². The fraction of sp³-hybridized carbons (Fsp3) is 0.667. The molecule has 1 aromatic rings. The van der Waals surface area contributed by atoms with Crippen LogP contribution >= 0.6 is 0 Å². The summed E-state index contributed by atoms with van der Waals surface area (Å²) < 4.78 is 1.94. The van der Waals surface area contributed by atoms with E-state index in [1.807, 2.05) is 16.9 Å². The normalized spacial score (nSPS) is 25.0. The average Bonchev–Trinajstić information content (AvgIpc) is 3.14. The van der Waals surface area contributed by atoms with Gasteiger partial charge in [-0.15, -0.1) is 0 Å². The maximum absolute atomic E-state index is 12.2. The molecule has 0 spiro atoms. The maximum atomic E-state index is 12.2. The zero-order valence-electron chi connectivity index (χ0n) is 13.2. The van der Waals surface area contributed by atoms with Gasteiger partial charge in [-0.3, -0.25) is 19.3 Å². The molecule has 2 aliphatic rings. The van der Waals surface area contributed by atoms with Crippen LogP contribution in [0.3, 0.4) is 0 Å². The van der Waals surface area contributed by atoms with Gasteiger partial charge >= 0.3 is 6.03 Å². The van der Waals surface area contributed by atoms with Crippen molar-refractivity contribution in [3.8, 4) is 0 Å². The average molecular weight is 305 g/mol. The number of urea groups is 1. The molecule has 3 rings (SSSR count). The molecule has 0 aromatic carbocycles. The molecular formula is C15H23N5O2. The Morgan fingerprint density at radius 1 is 1.36 bits per heavy atom. The van der Waals surface area contributed by atoms with Gasteiger partial charge in [0.25, 0.3) is 5.91 Å². The van der Waals surface area contributed by atoms with Crippen LogP contribution in [0.25, 0.3) is 0 Å². The van der Waals surface area contributed by atoms with Crippen molar-refractivity contribution in [1.82, 2.24) is 24.9 Å². The lowest BCUT2D eigenvalue weighted by Gasteiger charge is -2.26. The Morgan fingerprint density at radius 2 is 2.18 bits per heavy atom. The molecule has 7 heteroatoms. The molecule has 1 unspecified atom stereocenters. The van der Waals surface area contributed by atoms with Crippen LogP contribution in [0.1, 0.15) is 26.7 Å². The molecule has 2 saturated heterocycles. The van der Waals surface area contributed by atoms with Crippen LogP contribution in [0.15, 0.2) is 18.5 Å². The van der Waals surface area contributed by atoms with Crippen LogP contribution < -0.4 is 5.32 Å². The highest BCUT2D eigenvalue weighted by molar-refractivity contribution is 6.06. The number of nitrogens with zero attached hydrogens (tertiary/aromatic N) is 4. The second-order valence-corrected chi connectivity index (χ2v) is 6.57. The molecule has 1 aromatic heterocycles. The lowest BCUT2D eigenvalue weighted by Crippen LogP contribution is -2.43. The van der Waals surface area contributed by atoms with Crippen molar-refractivity contribution < 1.29 is 9.59 Å². The summed E-state index contributed by atoms with van der Waals surface area (Å²) in [5.74, 6) is -0.139. The molecule has 3 heterocycles. The first kappa shape index (κ1) is 15.0. The van der Waals surface area contributed by atoms with Gasteiger partial charge in [0.15, 0.2) is 0 Å². The summed E-state index contributed by atoms with van der Waals surface area (Å²) in [4.78, 5) is 27.8. The first-order valence-corrected chi connectivity index (χ1v) is 7.83. The summed E-state index contributed by atoms with van der Waals surface area (Å²) in [6, 6.07) is 2.07. The molecule has 0 saturated carbocycles. The SMILES string of the molecule is CC1(C)NC(=O)N(CCN2CCCC2Cn2cccn2)C1=O. The second-order valence-electron chi connectivity index (χ2n) is 6.57. The first-order chi connectivity index (χ1) is 10.5. The quantitative estimate of drug-likeness (QED) is 0.812. The van der Waals surface area contributed by atoms with E-state index in [4.69, 9.17) is 0 Å². The third kappa shape index (κ3) is 2.85. The van der Waals surface area contributed by atoms with E-state index in [1.165, 1.54) is 4.90 Å². The molecule has 120 valence electrons. The van der Waals surface area contributed by atoms with Crippen LogP contribution in [0.5, 0.6) is 0 Å². The zero-order chi connectivity index (χ0) is 15.7. The van der Waals surface area contributed by atoms with Gasteiger partial charge in [-0.2, -0.15) is 5.10 Å². The lowest BCUT2D eigenvalue weighted by atomic mass is 10.1. The van der Waals surface area contributed by atoms with Gasteiger partial charge in [-0.05, 0) is 39.3 Å². The van der Waals surface area contributed by atoms with Crippen LogP contribution in [0.2, 0.25) is 0 Å². The van der Waals surface area contributed by atoms with Crippen molar-refractivity contribution in [1.29, 1.82) is 0 Å². The maximum Gasteiger partial charge on any atom is 0.325 e. The van der Waals surface area contributed by atoms with E-state index in [9.17, 15) is 9.59 Å². The van der Waals surface area contributed by atoms with E-state index in [-0.39, 0.29) is 11.9 Å². The first-order valence-electron chi connectivity index (χ1n) is 7.83. The highest BCUT2D eigenvalue weighted by Gasteiger charge is 2.44. The summed E-state index contributed by atoms with van der Waals surface area (Å²) in [5, 5.41) is 6.98. The molecule has 2 aliphatic heterocycles. The molecule has 3 amide bonds. The van der Waals surface area contributed by atoms with E-state index in [2.05, 4.69) is 15.3 Å². The monoisotopic (exact) mass is 305 g/mol. The number of nitrogens with one attached hydrogen (secondary N) is 1. The zero-order valence-corrected chi connectivity index (χ0v) is 13.2. The van der Waals surface area contributed by atoms with Gasteiger partial charge in [-0.1, -0.05) is 0 Å². The van der Waals surface area contributed by atoms with Crippen LogP contribution in [0.4, 0.5) is 4.79 Å². The Hall–Kier alpha value is -1.89. The molecule has 0 radical (unpaired) electrons. The number of aromatic nitrogens is 2. The van der Waals surface area contributed by atoms with Crippen LogP contribution in [-0.2, 0) is 11.3 Å². The Kier molecular flexibility index (Phi) is 3.90. The second kappa shape index (κ2) is 5.72. The van der Waals surface area contributed by atoms with E-state index >= 15 is 0 Å². The van der Waals surface area contributed by atoms with E-state index in [0.717, 1.165) is 32.5 Å². The Balaban J connectivity index is 1.56. The van der Waals surface area contributed by atoms with Gasteiger partial charge < -0.3 is 5.32 Å². The molecule has 1 N–H and O–H groups in total. The van der Waals surface area contributed by atoms with Crippen molar-refractivity contribution in [2.75, 3.05) is 19.6 Å². The highest BCUT2D eigenvalue weighted by atomic mass is 16.2. The molecule has 2 fully saturated rings. The molecule has 1 atom stereocenters. The Morgan fingerprint density at radius 3 is 2.82 bits per heavy atom. The van der Waals surface area contributed by atoms with E-state index in [1.54, 1.807) is 20.0 Å². The summed E-state index contributed by atoms with van der Waals surface area (Å²) in [5.41, 5.74) is -0.781. The molecule has 0 aliphatic carbocycles. The Labute approximate surface area is 130 Å². The third-order valence-corrected chi connectivity index (χ3v) is 4.51. The van der Waals surface area contributed by atoms with E-state index < -0.39 is 5.54 Å². The van der Waals surface area contributed by atoms with Crippen LogP contribution in [0, 0.1) is 0 Å². The lowest BCUT2D eigenvalue weighted by molar-refractivity contribution is -0.130. The number of carbonyl (C=O) groups excluding carboxylic acids is 2. The van der Waals surface area contributed by atoms with Crippen molar-refractivity contribution in [3.05, 3.63) is 18.5 Å². The van der Waals surface area contributed by atoms with Gasteiger partial charge in [0.05, 0.1) is 6.54 Å². The number of carbonyl (C=O) groups is 2. The predicted molar refractivity (Wildman–Crippen MR) is 81.1 cm³/mol. The fourth-order valence-electron chi connectivity index (χ4n) is 3.27. The highest BCUT2D eigenvalue weighted by Crippen LogP contribution is 2.20.